The normalized spacial score (nSPS) is 17.4. The lowest BCUT2D eigenvalue weighted by Gasteiger charge is -2.23. The van der Waals surface area contributed by atoms with Crippen molar-refractivity contribution in [3.05, 3.63) is 27.9 Å². The molecule has 0 radical (unpaired) electrons. The van der Waals surface area contributed by atoms with Gasteiger partial charge in [0.2, 0.25) is 0 Å². The first kappa shape index (κ1) is 13.8. The van der Waals surface area contributed by atoms with Crippen LogP contribution in [-0.2, 0) is 0 Å². The van der Waals surface area contributed by atoms with Gasteiger partial charge in [-0.3, -0.25) is 14.9 Å². The van der Waals surface area contributed by atoms with Gasteiger partial charge in [0.05, 0.1) is 10.5 Å². The van der Waals surface area contributed by atoms with Crippen LogP contribution in [-0.4, -0.2) is 40.3 Å². The molecule has 0 spiro atoms. The molecule has 0 aromatic carbocycles. The Morgan fingerprint density at radius 1 is 1.48 bits per heavy atom. The van der Waals surface area contributed by atoms with Crippen molar-refractivity contribution in [2.75, 3.05) is 18.9 Å². The van der Waals surface area contributed by atoms with E-state index < -0.39 is 4.92 Å². The van der Waals surface area contributed by atoms with E-state index in [2.05, 4.69) is 10.3 Å². The highest BCUT2D eigenvalue weighted by Gasteiger charge is 2.38. The van der Waals surface area contributed by atoms with Gasteiger partial charge >= 0.3 is 0 Å². The van der Waals surface area contributed by atoms with Crippen molar-refractivity contribution in [3.8, 4) is 0 Å². The molecule has 21 heavy (non-hydrogen) atoms. The third kappa shape index (κ3) is 2.96. The summed E-state index contributed by atoms with van der Waals surface area (Å²) >= 11 is 0. The van der Waals surface area contributed by atoms with Crippen LogP contribution in [0.5, 0.6) is 0 Å². The first-order chi connectivity index (χ1) is 10.1. The fourth-order valence-electron chi connectivity index (χ4n) is 2.43. The molecule has 0 bridgehead atoms. The zero-order valence-electron chi connectivity index (χ0n) is 11.9. The highest BCUT2D eigenvalue weighted by Crippen LogP contribution is 2.36. The summed E-state index contributed by atoms with van der Waals surface area (Å²) in [4.78, 5) is 29.0. The van der Waals surface area contributed by atoms with Crippen LogP contribution in [0.4, 0.5) is 11.5 Å². The molecule has 3 rings (SSSR count). The van der Waals surface area contributed by atoms with Crippen LogP contribution in [0.1, 0.15) is 36.0 Å². The molecule has 0 saturated heterocycles. The maximum Gasteiger partial charge on any atom is 0.288 e. The number of carbonyl (C=O) groups excluding carboxylic acids is 1. The Hall–Kier alpha value is -2.18. The van der Waals surface area contributed by atoms with Gasteiger partial charge in [-0.2, -0.15) is 0 Å². The molecule has 2 saturated carbocycles. The third-order valence-electron chi connectivity index (χ3n) is 3.95. The van der Waals surface area contributed by atoms with E-state index in [-0.39, 0.29) is 11.6 Å². The first-order valence-corrected chi connectivity index (χ1v) is 7.23. The number of pyridine rings is 1. The van der Waals surface area contributed by atoms with E-state index in [0.29, 0.717) is 23.3 Å². The number of nitrogens with zero attached hydrogens (tertiary/aromatic N) is 3. The predicted octanol–water partition coefficient (Wildman–Crippen LogP) is 2.05. The second-order valence-corrected chi connectivity index (χ2v) is 5.73. The van der Waals surface area contributed by atoms with Crippen molar-refractivity contribution < 1.29 is 9.72 Å². The number of amides is 1. The SMILES string of the molecule is CNc1ncc([N+](=O)[O-])cc1C(=O)N(CC1CC1)C1CC1. The van der Waals surface area contributed by atoms with Crippen LogP contribution < -0.4 is 5.32 Å². The second-order valence-electron chi connectivity index (χ2n) is 5.73. The van der Waals surface area contributed by atoms with Crippen molar-refractivity contribution in [2.45, 2.75) is 31.7 Å². The lowest BCUT2D eigenvalue weighted by Crippen LogP contribution is -2.35. The summed E-state index contributed by atoms with van der Waals surface area (Å²) < 4.78 is 0. The largest absolute Gasteiger partial charge is 0.372 e. The molecule has 1 aromatic rings. The van der Waals surface area contributed by atoms with Gasteiger partial charge in [0.25, 0.3) is 11.6 Å². The molecule has 0 unspecified atom stereocenters. The van der Waals surface area contributed by atoms with Crippen LogP contribution >= 0.6 is 0 Å². The molecule has 0 atom stereocenters. The highest BCUT2D eigenvalue weighted by atomic mass is 16.6. The average Bonchev–Trinajstić information content (AvgIpc) is 3.36. The maximum atomic E-state index is 12.8. The molecule has 2 aliphatic rings. The number of aromatic nitrogens is 1. The number of carbonyl (C=O) groups is 1. The zero-order chi connectivity index (χ0) is 15.0. The average molecular weight is 290 g/mol. The lowest BCUT2D eigenvalue weighted by molar-refractivity contribution is -0.385. The monoisotopic (exact) mass is 290 g/mol. The van der Waals surface area contributed by atoms with Crippen LogP contribution in [0.2, 0.25) is 0 Å². The van der Waals surface area contributed by atoms with Crippen LogP contribution in [0, 0.1) is 16.0 Å². The number of nitrogens with one attached hydrogen (secondary N) is 1. The molecule has 2 aliphatic carbocycles. The van der Waals surface area contributed by atoms with Crippen molar-refractivity contribution in [1.82, 2.24) is 9.88 Å². The molecule has 1 N–H and O–H groups in total. The Labute approximate surface area is 122 Å². The number of anilines is 1. The van der Waals surface area contributed by atoms with Crippen molar-refractivity contribution in [1.29, 1.82) is 0 Å². The minimum atomic E-state index is -0.522. The zero-order valence-corrected chi connectivity index (χ0v) is 11.9. The van der Waals surface area contributed by atoms with Crippen molar-refractivity contribution in [2.24, 2.45) is 5.92 Å². The summed E-state index contributed by atoms with van der Waals surface area (Å²) in [6, 6.07) is 1.62. The summed E-state index contributed by atoms with van der Waals surface area (Å²) in [5, 5.41) is 13.7. The van der Waals surface area contributed by atoms with E-state index in [9.17, 15) is 14.9 Å². The second kappa shape index (κ2) is 5.31. The molecule has 2 fully saturated rings. The van der Waals surface area contributed by atoms with E-state index in [1.807, 2.05) is 4.90 Å². The quantitative estimate of drug-likeness (QED) is 0.640. The molecule has 1 amide bonds. The predicted molar refractivity (Wildman–Crippen MR) is 77.2 cm³/mol. The Bertz CT molecular complexity index is 582. The van der Waals surface area contributed by atoms with Crippen molar-refractivity contribution in [3.63, 3.8) is 0 Å². The molecule has 7 heteroatoms. The van der Waals surface area contributed by atoms with Crippen LogP contribution in [0.15, 0.2) is 12.3 Å². The number of rotatable bonds is 6. The molecule has 1 heterocycles. The number of nitro groups is 1. The standard InChI is InChI=1S/C14H18N4O3/c1-15-13-12(6-11(7-16-13)18(20)21)14(19)17(10-4-5-10)8-9-2-3-9/h6-7,9-10H,2-5,8H2,1H3,(H,15,16). The van der Waals surface area contributed by atoms with Crippen molar-refractivity contribution >= 4 is 17.4 Å². The molecular weight excluding hydrogens is 272 g/mol. The molecule has 7 nitrogen and oxygen atoms in total. The van der Waals surface area contributed by atoms with Crippen LogP contribution in [0.25, 0.3) is 0 Å². The van der Waals surface area contributed by atoms with E-state index in [4.69, 9.17) is 0 Å². The highest BCUT2D eigenvalue weighted by molar-refractivity contribution is 5.99. The fourth-order valence-corrected chi connectivity index (χ4v) is 2.43. The first-order valence-electron chi connectivity index (χ1n) is 7.23. The Kier molecular flexibility index (Phi) is 3.48. The van der Waals surface area contributed by atoms with Gasteiger partial charge in [-0.25, -0.2) is 4.98 Å². The van der Waals surface area contributed by atoms with Gasteiger partial charge in [0.1, 0.15) is 12.0 Å². The van der Waals surface area contributed by atoms with E-state index in [1.165, 1.54) is 25.1 Å². The van der Waals surface area contributed by atoms with E-state index >= 15 is 0 Å². The summed E-state index contributed by atoms with van der Waals surface area (Å²) in [7, 11) is 1.66. The lowest BCUT2D eigenvalue weighted by atomic mass is 10.2. The third-order valence-corrected chi connectivity index (χ3v) is 3.95. The van der Waals surface area contributed by atoms with E-state index in [1.54, 1.807) is 7.05 Å². The molecule has 1 aromatic heterocycles. The van der Waals surface area contributed by atoms with Gasteiger partial charge < -0.3 is 10.2 Å². The van der Waals surface area contributed by atoms with Crippen LogP contribution in [0.3, 0.4) is 0 Å². The topological polar surface area (TPSA) is 88.4 Å². The smallest absolute Gasteiger partial charge is 0.288 e. The summed E-state index contributed by atoms with van der Waals surface area (Å²) in [5.41, 5.74) is 0.138. The van der Waals surface area contributed by atoms with Gasteiger partial charge in [0.15, 0.2) is 0 Å². The van der Waals surface area contributed by atoms with E-state index in [0.717, 1.165) is 19.4 Å². The van der Waals surface area contributed by atoms with Gasteiger partial charge in [-0.15, -0.1) is 0 Å². The fraction of sp³-hybridized carbons (Fsp3) is 0.571. The van der Waals surface area contributed by atoms with Gasteiger partial charge in [-0.1, -0.05) is 0 Å². The Morgan fingerprint density at radius 2 is 2.19 bits per heavy atom. The summed E-state index contributed by atoms with van der Waals surface area (Å²) in [6.45, 7) is 0.759. The molecule has 0 aliphatic heterocycles. The minimum Gasteiger partial charge on any atom is -0.372 e. The van der Waals surface area contributed by atoms with Gasteiger partial charge in [-0.05, 0) is 31.6 Å². The number of hydrogen-bond acceptors (Lipinski definition) is 5. The molecule has 112 valence electrons. The number of hydrogen-bond donors (Lipinski definition) is 1. The molecular formula is C14H18N4O3. The van der Waals surface area contributed by atoms with Gasteiger partial charge in [0, 0.05) is 25.7 Å². The summed E-state index contributed by atoms with van der Waals surface area (Å²) in [6.07, 6.45) is 5.56. The minimum absolute atomic E-state index is 0.148. The Balaban J connectivity index is 1.90. The summed E-state index contributed by atoms with van der Waals surface area (Å²) in [5.74, 6) is 0.844. The Morgan fingerprint density at radius 3 is 2.71 bits per heavy atom. The maximum absolute atomic E-state index is 12.8.